The third kappa shape index (κ3) is 5.85. The zero-order valence-electron chi connectivity index (χ0n) is 22.6. The van der Waals surface area contributed by atoms with E-state index in [1.54, 1.807) is 45.7 Å². The molecular formula is C30H30N6O4. The number of ether oxygens (including phenoxy) is 2. The summed E-state index contributed by atoms with van der Waals surface area (Å²) in [5.41, 5.74) is 4.45. The lowest BCUT2D eigenvalue weighted by atomic mass is 10.1. The zero-order valence-corrected chi connectivity index (χ0v) is 22.6. The molecule has 0 fully saturated rings. The van der Waals surface area contributed by atoms with Crippen molar-refractivity contribution < 1.29 is 14.3 Å². The Morgan fingerprint density at radius 2 is 1.80 bits per heavy atom. The maximum absolute atomic E-state index is 12.7. The number of hydrogen-bond donors (Lipinski definition) is 2. The van der Waals surface area contributed by atoms with Crippen LogP contribution >= 0.6 is 0 Å². The molecule has 1 amide bonds. The number of nitrogens with zero attached hydrogens (tertiary/aromatic N) is 4. The van der Waals surface area contributed by atoms with Crippen LogP contribution in [0.2, 0.25) is 0 Å². The first-order valence-corrected chi connectivity index (χ1v) is 12.9. The van der Waals surface area contributed by atoms with E-state index in [0.717, 1.165) is 35.3 Å². The summed E-state index contributed by atoms with van der Waals surface area (Å²) in [5.74, 6) is 2.16. The molecule has 10 heteroatoms. The number of carbonyl (C=O) groups excluding carboxylic acids is 1. The molecular weight excluding hydrogens is 508 g/mol. The number of carbonyl (C=O) groups is 1. The van der Waals surface area contributed by atoms with Crippen molar-refractivity contribution in [3.05, 3.63) is 88.0 Å². The van der Waals surface area contributed by atoms with Crippen molar-refractivity contribution in [3.63, 3.8) is 0 Å². The summed E-state index contributed by atoms with van der Waals surface area (Å²) in [4.78, 5) is 38.6. The second-order valence-electron chi connectivity index (χ2n) is 9.30. The molecule has 0 bridgehead atoms. The van der Waals surface area contributed by atoms with Gasteiger partial charge in [-0.05, 0) is 55.2 Å². The predicted octanol–water partition coefficient (Wildman–Crippen LogP) is 4.22. The Bertz CT molecular complexity index is 1630. The standard InChI is InChI=1S/C30H30N6O4/c1-36-16-13-19(17-26(36)37)12-15-32-30(38)21-8-6-20(7-9-21)28-34-23-5-4-14-31-27(23)29(35-28)33-22-10-11-24(39-2)25(18-22)40-3/h6-11,13-14,16-18H,4-5,12,15H2,1-3H3,(H,32,38)(H,33,34,35). The number of aromatic nitrogens is 3. The minimum atomic E-state index is -0.188. The Morgan fingerprint density at radius 3 is 2.55 bits per heavy atom. The van der Waals surface area contributed by atoms with Crippen molar-refractivity contribution in [2.45, 2.75) is 19.3 Å². The summed E-state index contributed by atoms with van der Waals surface area (Å²) in [7, 11) is 4.89. The minimum absolute atomic E-state index is 0.0716. The summed E-state index contributed by atoms with van der Waals surface area (Å²) < 4.78 is 12.3. The summed E-state index contributed by atoms with van der Waals surface area (Å²) in [5, 5.41) is 6.27. The van der Waals surface area contributed by atoms with E-state index < -0.39 is 0 Å². The lowest BCUT2D eigenvalue weighted by Crippen LogP contribution is -2.26. The van der Waals surface area contributed by atoms with E-state index in [4.69, 9.17) is 19.4 Å². The second-order valence-corrected chi connectivity index (χ2v) is 9.30. The van der Waals surface area contributed by atoms with Gasteiger partial charge in [0.05, 0.1) is 19.9 Å². The maximum atomic E-state index is 12.7. The molecule has 2 aromatic carbocycles. The highest BCUT2D eigenvalue weighted by atomic mass is 16.5. The monoisotopic (exact) mass is 538 g/mol. The van der Waals surface area contributed by atoms with Crippen LogP contribution in [-0.4, -0.2) is 47.4 Å². The van der Waals surface area contributed by atoms with Gasteiger partial charge in [-0.3, -0.25) is 14.6 Å². The van der Waals surface area contributed by atoms with Crippen LogP contribution in [0.5, 0.6) is 11.5 Å². The molecule has 10 nitrogen and oxygen atoms in total. The van der Waals surface area contributed by atoms with Crippen LogP contribution in [0.4, 0.5) is 17.2 Å². The average Bonchev–Trinajstić information content (AvgIpc) is 2.98. The Kier molecular flexibility index (Phi) is 7.86. The predicted molar refractivity (Wildman–Crippen MR) is 154 cm³/mol. The number of amides is 1. The molecule has 0 saturated carbocycles. The van der Waals surface area contributed by atoms with Gasteiger partial charge in [-0.1, -0.05) is 12.1 Å². The van der Waals surface area contributed by atoms with E-state index in [9.17, 15) is 9.59 Å². The largest absolute Gasteiger partial charge is 0.493 e. The normalized spacial score (nSPS) is 12.0. The number of hydrogen-bond acceptors (Lipinski definition) is 8. The van der Waals surface area contributed by atoms with E-state index in [1.165, 1.54) is 4.57 Å². The molecule has 40 heavy (non-hydrogen) atoms. The molecule has 0 radical (unpaired) electrons. The average molecular weight is 539 g/mol. The molecule has 5 rings (SSSR count). The topological polar surface area (TPSA) is 120 Å². The number of methoxy groups -OCH3 is 2. The smallest absolute Gasteiger partial charge is 0.251 e. The van der Waals surface area contributed by atoms with Gasteiger partial charge in [-0.2, -0.15) is 0 Å². The molecule has 204 valence electrons. The third-order valence-corrected chi connectivity index (χ3v) is 6.61. The van der Waals surface area contributed by atoms with Crippen LogP contribution in [0.3, 0.4) is 0 Å². The van der Waals surface area contributed by atoms with Gasteiger partial charge in [0.15, 0.2) is 23.1 Å². The number of nitrogens with one attached hydrogen (secondary N) is 2. The number of aryl methyl sites for hydroxylation is 2. The number of anilines is 2. The molecule has 0 saturated heterocycles. The molecule has 4 aromatic rings. The van der Waals surface area contributed by atoms with Gasteiger partial charge in [0.1, 0.15) is 5.69 Å². The summed E-state index contributed by atoms with van der Waals surface area (Å²) >= 11 is 0. The van der Waals surface area contributed by atoms with E-state index in [-0.39, 0.29) is 11.5 Å². The molecule has 2 N–H and O–H groups in total. The van der Waals surface area contributed by atoms with Crippen LogP contribution < -0.4 is 25.7 Å². The van der Waals surface area contributed by atoms with E-state index in [0.29, 0.717) is 47.4 Å². The first kappa shape index (κ1) is 26.6. The second kappa shape index (κ2) is 11.8. The summed E-state index contributed by atoms with van der Waals surface area (Å²) in [6.45, 7) is 0.424. The molecule has 0 unspecified atom stereocenters. The van der Waals surface area contributed by atoms with E-state index >= 15 is 0 Å². The number of aliphatic imine (C=N–C) groups is 1. The first-order chi connectivity index (χ1) is 19.4. The fourth-order valence-electron chi connectivity index (χ4n) is 4.37. The molecule has 0 atom stereocenters. The lowest BCUT2D eigenvalue weighted by Gasteiger charge is -2.17. The highest BCUT2D eigenvalue weighted by molar-refractivity contribution is 5.94. The molecule has 0 spiro atoms. The molecule has 2 aromatic heterocycles. The van der Waals surface area contributed by atoms with Crippen LogP contribution in [-0.2, 0) is 19.9 Å². The van der Waals surface area contributed by atoms with Gasteiger partial charge < -0.3 is 24.7 Å². The van der Waals surface area contributed by atoms with Gasteiger partial charge in [0.2, 0.25) is 0 Å². The van der Waals surface area contributed by atoms with Crippen molar-refractivity contribution in [2.75, 3.05) is 26.1 Å². The Balaban J connectivity index is 1.33. The van der Waals surface area contributed by atoms with Crippen molar-refractivity contribution >= 4 is 29.3 Å². The summed E-state index contributed by atoms with van der Waals surface area (Å²) in [6, 6.07) is 16.2. The maximum Gasteiger partial charge on any atom is 0.251 e. The number of fused-ring (bicyclic) bond motifs is 1. The number of benzene rings is 2. The van der Waals surface area contributed by atoms with Crippen LogP contribution in [0, 0.1) is 0 Å². The van der Waals surface area contributed by atoms with Gasteiger partial charge >= 0.3 is 0 Å². The Morgan fingerprint density at radius 1 is 1.00 bits per heavy atom. The summed E-state index contributed by atoms with van der Waals surface area (Å²) in [6.07, 6.45) is 5.72. The fraction of sp³-hybridized carbons (Fsp3) is 0.233. The fourth-order valence-corrected chi connectivity index (χ4v) is 4.37. The third-order valence-electron chi connectivity index (χ3n) is 6.61. The molecule has 1 aliphatic rings. The highest BCUT2D eigenvalue weighted by Gasteiger charge is 2.18. The van der Waals surface area contributed by atoms with Crippen molar-refractivity contribution in [3.8, 4) is 22.9 Å². The number of pyridine rings is 1. The molecule has 1 aliphatic heterocycles. The minimum Gasteiger partial charge on any atom is -0.493 e. The highest BCUT2D eigenvalue weighted by Crippen LogP contribution is 2.36. The van der Waals surface area contributed by atoms with E-state index in [1.807, 2.05) is 42.6 Å². The van der Waals surface area contributed by atoms with E-state index in [2.05, 4.69) is 15.6 Å². The first-order valence-electron chi connectivity index (χ1n) is 12.9. The SMILES string of the molecule is COc1ccc(Nc2nc(-c3ccc(C(=O)NCCc4ccn(C)c(=O)c4)cc3)nc3c2N=CCC3)cc1OC. The van der Waals surface area contributed by atoms with Crippen molar-refractivity contribution in [1.29, 1.82) is 0 Å². The Labute approximate surface area is 231 Å². The van der Waals surface area contributed by atoms with Crippen molar-refractivity contribution in [1.82, 2.24) is 19.9 Å². The Hall–Kier alpha value is -4.99. The zero-order chi connectivity index (χ0) is 28.1. The molecule has 3 heterocycles. The van der Waals surface area contributed by atoms with Crippen molar-refractivity contribution in [2.24, 2.45) is 12.0 Å². The van der Waals surface area contributed by atoms with Crippen LogP contribution in [0.1, 0.15) is 28.0 Å². The van der Waals surface area contributed by atoms with Gasteiger partial charge in [-0.25, -0.2) is 9.97 Å². The van der Waals surface area contributed by atoms with Gasteiger partial charge in [0.25, 0.3) is 11.5 Å². The quantitative estimate of drug-likeness (QED) is 0.327. The van der Waals surface area contributed by atoms with Crippen LogP contribution in [0.25, 0.3) is 11.4 Å². The molecule has 0 aliphatic carbocycles. The van der Waals surface area contributed by atoms with Gasteiger partial charge in [0, 0.05) is 55.0 Å². The number of rotatable bonds is 9. The van der Waals surface area contributed by atoms with Gasteiger partial charge in [-0.15, -0.1) is 0 Å². The lowest BCUT2D eigenvalue weighted by molar-refractivity contribution is 0.0954. The van der Waals surface area contributed by atoms with Crippen LogP contribution in [0.15, 0.2) is 70.6 Å².